The second-order valence-corrected chi connectivity index (χ2v) is 5.95. The highest BCUT2D eigenvalue weighted by Gasteiger charge is 2.25. The van der Waals surface area contributed by atoms with Crippen LogP contribution >= 0.6 is 11.6 Å². The molecule has 0 radical (unpaired) electrons. The van der Waals surface area contributed by atoms with Gasteiger partial charge in [0.05, 0.1) is 6.61 Å². The Morgan fingerprint density at radius 2 is 2.29 bits per heavy atom. The molecule has 0 aromatic rings. The predicted octanol–water partition coefficient (Wildman–Crippen LogP) is 0.871. The summed E-state index contributed by atoms with van der Waals surface area (Å²) in [5.74, 6) is 0.327. The van der Waals surface area contributed by atoms with Crippen molar-refractivity contribution in [2.75, 3.05) is 31.5 Å². The van der Waals surface area contributed by atoms with Gasteiger partial charge in [0.25, 0.3) is 0 Å². The van der Waals surface area contributed by atoms with Gasteiger partial charge in [-0.25, -0.2) is 12.7 Å². The maximum absolute atomic E-state index is 11.5. The number of nitrogens with zero attached hydrogens (tertiary/aromatic N) is 1. The lowest BCUT2D eigenvalue weighted by Gasteiger charge is -2.21. The highest BCUT2D eigenvalue weighted by atomic mass is 35.5. The molecule has 1 aliphatic heterocycles. The molecule has 0 aliphatic carbocycles. The molecule has 1 aliphatic rings. The molecule has 1 unspecified atom stereocenters. The fourth-order valence-corrected chi connectivity index (χ4v) is 2.91. The highest BCUT2D eigenvalue weighted by molar-refractivity contribution is 7.90. The summed E-state index contributed by atoms with van der Waals surface area (Å²) in [6.45, 7) is 4.23. The molecule has 84 valence electrons. The molecule has 1 fully saturated rings. The van der Waals surface area contributed by atoms with Gasteiger partial charge < -0.3 is 4.74 Å². The van der Waals surface area contributed by atoms with E-state index in [9.17, 15) is 8.42 Å². The van der Waals surface area contributed by atoms with Gasteiger partial charge in [0.15, 0.2) is 0 Å². The van der Waals surface area contributed by atoms with Gasteiger partial charge >= 0.3 is 0 Å². The minimum atomic E-state index is -3.25. The predicted molar refractivity (Wildman–Crippen MR) is 55.8 cm³/mol. The van der Waals surface area contributed by atoms with Crippen molar-refractivity contribution in [3.63, 3.8) is 0 Å². The van der Waals surface area contributed by atoms with E-state index in [0.717, 1.165) is 13.0 Å². The smallest absolute Gasteiger partial charge is 0.228 e. The normalized spacial score (nSPS) is 23.2. The summed E-state index contributed by atoms with van der Waals surface area (Å²) >= 11 is 5.39. The molecule has 1 heterocycles. The lowest BCUT2D eigenvalue weighted by molar-refractivity contribution is 0.181. The van der Waals surface area contributed by atoms with Gasteiger partial charge in [0, 0.05) is 19.7 Å². The van der Waals surface area contributed by atoms with Crippen LogP contribution < -0.4 is 0 Å². The van der Waals surface area contributed by atoms with E-state index < -0.39 is 10.0 Å². The van der Waals surface area contributed by atoms with Crippen LogP contribution in [-0.2, 0) is 14.8 Å². The molecular weight excluding hydrogens is 226 g/mol. The molecule has 0 amide bonds. The first kappa shape index (κ1) is 12.2. The molecule has 1 rings (SSSR count). The summed E-state index contributed by atoms with van der Waals surface area (Å²) in [5.41, 5.74) is 0. The van der Waals surface area contributed by atoms with Crippen LogP contribution in [0.5, 0.6) is 0 Å². The van der Waals surface area contributed by atoms with E-state index in [0.29, 0.717) is 25.6 Å². The van der Waals surface area contributed by atoms with E-state index in [2.05, 4.69) is 0 Å². The highest BCUT2D eigenvalue weighted by Crippen LogP contribution is 2.16. The van der Waals surface area contributed by atoms with Crippen molar-refractivity contribution in [3.8, 4) is 0 Å². The quantitative estimate of drug-likeness (QED) is 0.671. The van der Waals surface area contributed by atoms with E-state index in [1.54, 1.807) is 0 Å². The van der Waals surface area contributed by atoms with Gasteiger partial charge in [0.1, 0.15) is 5.21 Å². The molecule has 0 bridgehead atoms. The van der Waals surface area contributed by atoms with Crippen LogP contribution in [-0.4, -0.2) is 44.2 Å². The van der Waals surface area contributed by atoms with E-state index in [1.165, 1.54) is 4.31 Å². The summed E-state index contributed by atoms with van der Waals surface area (Å²) in [6, 6.07) is 0. The minimum absolute atomic E-state index is 0.327. The van der Waals surface area contributed by atoms with Crippen LogP contribution in [0.15, 0.2) is 0 Å². The standard InChI is InChI=1S/C8H16ClNO3S/c1-2-10(14(11,12)7-9)5-8-3-4-13-6-8/h8H,2-7H2,1H3. The van der Waals surface area contributed by atoms with E-state index in [-0.39, 0.29) is 5.21 Å². The molecule has 0 N–H and O–H groups in total. The molecule has 0 spiro atoms. The van der Waals surface area contributed by atoms with Gasteiger partial charge in [-0.2, -0.15) is 0 Å². The third-order valence-electron chi connectivity index (χ3n) is 2.37. The topological polar surface area (TPSA) is 46.6 Å². The first-order valence-electron chi connectivity index (χ1n) is 4.71. The van der Waals surface area contributed by atoms with Crippen LogP contribution in [0.3, 0.4) is 0 Å². The number of alkyl halides is 1. The van der Waals surface area contributed by atoms with Gasteiger partial charge in [-0.1, -0.05) is 6.92 Å². The molecule has 1 saturated heterocycles. The van der Waals surface area contributed by atoms with Crippen molar-refractivity contribution in [2.24, 2.45) is 5.92 Å². The number of hydrogen-bond acceptors (Lipinski definition) is 3. The largest absolute Gasteiger partial charge is 0.381 e. The maximum Gasteiger partial charge on any atom is 0.228 e. The zero-order chi connectivity index (χ0) is 10.6. The Morgan fingerprint density at radius 3 is 2.71 bits per heavy atom. The Bertz CT molecular complexity index is 262. The average molecular weight is 242 g/mol. The van der Waals surface area contributed by atoms with Gasteiger partial charge in [0.2, 0.25) is 10.0 Å². The molecule has 1 atom stereocenters. The zero-order valence-electron chi connectivity index (χ0n) is 8.28. The molecular formula is C8H16ClNO3S. The summed E-state index contributed by atoms with van der Waals surface area (Å²) in [5, 5.41) is -0.339. The molecule has 0 aromatic carbocycles. The monoisotopic (exact) mass is 241 g/mol. The molecule has 6 heteroatoms. The average Bonchev–Trinajstić information content (AvgIpc) is 2.66. The number of hydrogen-bond donors (Lipinski definition) is 0. The third kappa shape index (κ3) is 3.08. The van der Waals surface area contributed by atoms with Gasteiger partial charge in [-0.3, -0.25) is 0 Å². The van der Waals surface area contributed by atoms with Crippen LogP contribution in [0.4, 0.5) is 0 Å². The van der Waals surface area contributed by atoms with Crippen molar-refractivity contribution in [1.29, 1.82) is 0 Å². The lowest BCUT2D eigenvalue weighted by atomic mass is 10.1. The first-order chi connectivity index (χ1) is 6.60. The number of ether oxygens (including phenoxy) is 1. The Hall–Kier alpha value is 0.160. The SMILES string of the molecule is CCN(CC1CCOC1)S(=O)(=O)CCl. The first-order valence-corrected chi connectivity index (χ1v) is 6.86. The van der Waals surface area contributed by atoms with Crippen LogP contribution in [0, 0.1) is 5.92 Å². The summed E-state index contributed by atoms with van der Waals surface area (Å²) in [6.07, 6.45) is 0.939. The molecule has 4 nitrogen and oxygen atoms in total. The number of halogens is 1. The fraction of sp³-hybridized carbons (Fsp3) is 1.00. The van der Waals surface area contributed by atoms with Crippen molar-refractivity contribution in [3.05, 3.63) is 0 Å². The number of rotatable bonds is 5. The molecule has 14 heavy (non-hydrogen) atoms. The summed E-state index contributed by atoms with van der Waals surface area (Å²) in [7, 11) is -3.25. The Morgan fingerprint density at radius 1 is 1.57 bits per heavy atom. The summed E-state index contributed by atoms with van der Waals surface area (Å²) in [4.78, 5) is 0. The number of sulfonamides is 1. The van der Waals surface area contributed by atoms with E-state index in [4.69, 9.17) is 16.3 Å². The van der Waals surface area contributed by atoms with E-state index in [1.807, 2.05) is 6.92 Å². The second-order valence-electron chi connectivity index (χ2n) is 3.40. The van der Waals surface area contributed by atoms with Crippen LogP contribution in [0.2, 0.25) is 0 Å². The minimum Gasteiger partial charge on any atom is -0.381 e. The van der Waals surface area contributed by atoms with Crippen molar-refractivity contribution in [1.82, 2.24) is 4.31 Å². The van der Waals surface area contributed by atoms with Crippen LogP contribution in [0.25, 0.3) is 0 Å². The lowest BCUT2D eigenvalue weighted by Crippen LogP contribution is -2.36. The molecule has 0 saturated carbocycles. The van der Waals surface area contributed by atoms with Crippen molar-refractivity contribution in [2.45, 2.75) is 13.3 Å². The molecule has 0 aromatic heterocycles. The Kier molecular flexibility index (Phi) is 4.63. The van der Waals surface area contributed by atoms with Crippen LogP contribution in [0.1, 0.15) is 13.3 Å². The Balaban J connectivity index is 2.54. The maximum atomic E-state index is 11.5. The Labute approximate surface area is 90.2 Å². The van der Waals surface area contributed by atoms with Gasteiger partial charge in [-0.15, -0.1) is 11.6 Å². The zero-order valence-corrected chi connectivity index (χ0v) is 9.85. The fourth-order valence-electron chi connectivity index (χ4n) is 1.52. The van der Waals surface area contributed by atoms with Crippen molar-refractivity contribution < 1.29 is 13.2 Å². The third-order valence-corrected chi connectivity index (χ3v) is 4.67. The van der Waals surface area contributed by atoms with E-state index >= 15 is 0 Å². The summed E-state index contributed by atoms with van der Waals surface area (Å²) < 4.78 is 29.6. The van der Waals surface area contributed by atoms with Crippen molar-refractivity contribution >= 4 is 21.6 Å². The van der Waals surface area contributed by atoms with Gasteiger partial charge in [-0.05, 0) is 12.3 Å². The second kappa shape index (κ2) is 5.30.